The quantitative estimate of drug-likeness (QED) is 0.579. The molecule has 2 aromatic carbocycles. The fourth-order valence-corrected chi connectivity index (χ4v) is 2.71. The normalized spacial score (nSPS) is 11.2. The lowest BCUT2D eigenvalue weighted by atomic mass is 10.2. The van der Waals surface area contributed by atoms with E-state index >= 15 is 0 Å². The molecule has 0 radical (unpaired) electrons. The van der Waals surface area contributed by atoms with Crippen molar-refractivity contribution >= 4 is 23.8 Å². The van der Waals surface area contributed by atoms with E-state index in [0.29, 0.717) is 11.5 Å². The lowest BCUT2D eigenvalue weighted by molar-refractivity contribution is -0.137. The number of hydrogen-bond donors (Lipinski definition) is 0. The lowest BCUT2D eigenvalue weighted by Crippen LogP contribution is -2.05. The number of thioether (sulfide) groups is 1. The van der Waals surface area contributed by atoms with E-state index in [1.807, 2.05) is 61.5 Å². The van der Waals surface area contributed by atoms with E-state index in [2.05, 4.69) is 12.1 Å². The SMILES string of the molecule is CCOC(=O)/C(=C/c1ccccc1)SCc1ccccc1. The maximum atomic E-state index is 12.1. The van der Waals surface area contributed by atoms with Crippen LogP contribution in [0.1, 0.15) is 18.1 Å². The van der Waals surface area contributed by atoms with Crippen LogP contribution in [0.25, 0.3) is 6.08 Å². The van der Waals surface area contributed by atoms with Crippen LogP contribution in [-0.4, -0.2) is 12.6 Å². The highest BCUT2D eigenvalue weighted by molar-refractivity contribution is 8.03. The minimum atomic E-state index is -0.262. The fraction of sp³-hybridized carbons (Fsp3) is 0.167. The van der Waals surface area contributed by atoms with Crippen molar-refractivity contribution < 1.29 is 9.53 Å². The standard InChI is InChI=1S/C18H18O2S/c1-2-20-18(19)17(13-15-9-5-3-6-10-15)21-14-16-11-7-4-8-12-16/h3-13H,2,14H2,1H3/b17-13-. The third kappa shape index (κ3) is 5.12. The summed E-state index contributed by atoms with van der Waals surface area (Å²) in [5, 5.41) is 0. The Bertz CT molecular complexity index is 591. The second-order valence-electron chi connectivity index (χ2n) is 4.41. The predicted octanol–water partition coefficient (Wildman–Crippen LogP) is 4.52. The first kappa shape index (κ1) is 15.4. The molecule has 2 aromatic rings. The molecular weight excluding hydrogens is 280 g/mol. The van der Waals surface area contributed by atoms with Crippen LogP contribution >= 0.6 is 11.8 Å². The molecule has 0 bridgehead atoms. The van der Waals surface area contributed by atoms with Crippen LogP contribution < -0.4 is 0 Å². The number of rotatable bonds is 6. The van der Waals surface area contributed by atoms with Gasteiger partial charge < -0.3 is 4.74 Å². The van der Waals surface area contributed by atoms with Crippen molar-refractivity contribution in [2.45, 2.75) is 12.7 Å². The number of hydrogen-bond acceptors (Lipinski definition) is 3. The van der Waals surface area contributed by atoms with Gasteiger partial charge in [-0.1, -0.05) is 60.7 Å². The topological polar surface area (TPSA) is 26.3 Å². The van der Waals surface area contributed by atoms with Crippen molar-refractivity contribution in [1.82, 2.24) is 0 Å². The Morgan fingerprint density at radius 2 is 1.67 bits per heavy atom. The van der Waals surface area contributed by atoms with Crippen LogP contribution in [0.5, 0.6) is 0 Å². The molecule has 0 aliphatic carbocycles. The molecule has 2 rings (SSSR count). The van der Waals surface area contributed by atoms with E-state index in [-0.39, 0.29) is 5.97 Å². The highest BCUT2D eigenvalue weighted by Gasteiger charge is 2.11. The Kier molecular flexibility index (Phi) is 6.10. The van der Waals surface area contributed by atoms with Gasteiger partial charge in [-0.3, -0.25) is 0 Å². The second-order valence-corrected chi connectivity index (χ2v) is 5.43. The molecular formula is C18H18O2S. The summed E-state index contributed by atoms with van der Waals surface area (Å²) in [5.41, 5.74) is 2.19. The van der Waals surface area contributed by atoms with Gasteiger partial charge in [-0.2, -0.15) is 0 Å². The fourth-order valence-electron chi connectivity index (χ4n) is 1.80. The van der Waals surface area contributed by atoms with E-state index in [9.17, 15) is 4.79 Å². The highest BCUT2D eigenvalue weighted by atomic mass is 32.2. The van der Waals surface area contributed by atoms with Crippen molar-refractivity contribution in [3.05, 3.63) is 76.7 Å². The van der Waals surface area contributed by atoms with Crippen molar-refractivity contribution in [3.63, 3.8) is 0 Å². The smallest absolute Gasteiger partial charge is 0.344 e. The van der Waals surface area contributed by atoms with Gasteiger partial charge in [0.2, 0.25) is 0 Å². The molecule has 0 aliphatic rings. The molecule has 0 atom stereocenters. The molecule has 0 aromatic heterocycles. The second kappa shape index (κ2) is 8.32. The van der Waals surface area contributed by atoms with E-state index in [1.54, 1.807) is 0 Å². The van der Waals surface area contributed by atoms with E-state index < -0.39 is 0 Å². The number of carbonyl (C=O) groups excluding carboxylic acids is 1. The van der Waals surface area contributed by atoms with Crippen molar-refractivity contribution in [2.75, 3.05) is 6.61 Å². The summed E-state index contributed by atoms with van der Waals surface area (Å²) in [5.74, 6) is 0.487. The van der Waals surface area contributed by atoms with Gasteiger partial charge in [-0.05, 0) is 24.1 Å². The van der Waals surface area contributed by atoms with Crippen LogP contribution in [0, 0.1) is 0 Å². The zero-order chi connectivity index (χ0) is 14.9. The van der Waals surface area contributed by atoms with Gasteiger partial charge in [0.15, 0.2) is 0 Å². The Balaban J connectivity index is 2.13. The lowest BCUT2D eigenvalue weighted by Gasteiger charge is -2.07. The summed E-state index contributed by atoms with van der Waals surface area (Å²) >= 11 is 1.50. The molecule has 0 unspecified atom stereocenters. The molecule has 0 amide bonds. The maximum absolute atomic E-state index is 12.1. The maximum Gasteiger partial charge on any atom is 0.344 e. The molecule has 108 valence electrons. The molecule has 0 spiro atoms. The van der Waals surface area contributed by atoms with E-state index in [1.165, 1.54) is 17.3 Å². The Morgan fingerprint density at radius 3 is 2.29 bits per heavy atom. The van der Waals surface area contributed by atoms with Crippen molar-refractivity contribution in [3.8, 4) is 0 Å². The number of esters is 1. The molecule has 2 nitrogen and oxygen atoms in total. The van der Waals surface area contributed by atoms with Gasteiger partial charge in [0, 0.05) is 5.75 Å². The van der Waals surface area contributed by atoms with Crippen LogP contribution in [-0.2, 0) is 15.3 Å². The average molecular weight is 298 g/mol. The summed E-state index contributed by atoms with van der Waals surface area (Å²) in [6.45, 7) is 2.21. The summed E-state index contributed by atoms with van der Waals surface area (Å²) in [4.78, 5) is 12.7. The molecule has 0 aliphatic heterocycles. The monoisotopic (exact) mass is 298 g/mol. The molecule has 0 saturated carbocycles. The minimum Gasteiger partial charge on any atom is -0.462 e. The molecule has 0 N–H and O–H groups in total. The van der Waals surface area contributed by atoms with Gasteiger partial charge >= 0.3 is 5.97 Å². The van der Waals surface area contributed by atoms with Crippen LogP contribution in [0.2, 0.25) is 0 Å². The number of ether oxygens (including phenoxy) is 1. The van der Waals surface area contributed by atoms with Crippen LogP contribution in [0.3, 0.4) is 0 Å². The van der Waals surface area contributed by atoms with Crippen LogP contribution in [0.15, 0.2) is 65.6 Å². The highest BCUT2D eigenvalue weighted by Crippen LogP contribution is 2.25. The molecule has 0 saturated heterocycles. The molecule has 0 fully saturated rings. The summed E-state index contributed by atoms with van der Waals surface area (Å²) < 4.78 is 5.14. The molecule has 3 heteroatoms. The zero-order valence-corrected chi connectivity index (χ0v) is 12.8. The predicted molar refractivity (Wildman–Crippen MR) is 88.8 cm³/mol. The average Bonchev–Trinajstić information content (AvgIpc) is 2.53. The third-order valence-electron chi connectivity index (χ3n) is 2.81. The molecule has 0 heterocycles. The summed E-state index contributed by atoms with van der Waals surface area (Å²) in [6.07, 6.45) is 1.88. The largest absolute Gasteiger partial charge is 0.462 e. The van der Waals surface area contributed by atoms with Gasteiger partial charge in [0.25, 0.3) is 0 Å². The zero-order valence-electron chi connectivity index (χ0n) is 12.0. The first-order valence-corrected chi connectivity index (χ1v) is 7.88. The number of carbonyl (C=O) groups is 1. The minimum absolute atomic E-state index is 0.262. The van der Waals surface area contributed by atoms with Gasteiger partial charge in [0.05, 0.1) is 11.5 Å². The summed E-state index contributed by atoms with van der Waals surface area (Å²) in [7, 11) is 0. The van der Waals surface area contributed by atoms with Gasteiger partial charge in [-0.25, -0.2) is 4.79 Å². The summed E-state index contributed by atoms with van der Waals surface area (Å²) in [6, 6.07) is 19.9. The molecule has 21 heavy (non-hydrogen) atoms. The Labute approximate surface area is 129 Å². The van der Waals surface area contributed by atoms with Gasteiger partial charge in [-0.15, -0.1) is 11.8 Å². The first-order chi connectivity index (χ1) is 10.3. The van der Waals surface area contributed by atoms with E-state index in [0.717, 1.165) is 11.3 Å². The number of benzene rings is 2. The van der Waals surface area contributed by atoms with Crippen molar-refractivity contribution in [1.29, 1.82) is 0 Å². The van der Waals surface area contributed by atoms with Gasteiger partial charge in [0.1, 0.15) is 0 Å². The first-order valence-electron chi connectivity index (χ1n) is 6.90. The van der Waals surface area contributed by atoms with Crippen LogP contribution in [0.4, 0.5) is 0 Å². The van der Waals surface area contributed by atoms with E-state index in [4.69, 9.17) is 4.74 Å². The third-order valence-corrected chi connectivity index (χ3v) is 3.88. The Hall–Kier alpha value is -2.00. The van der Waals surface area contributed by atoms with Crippen molar-refractivity contribution in [2.24, 2.45) is 0 Å². The Morgan fingerprint density at radius 1 is 1.05 bits per heavy atom.